The maximum atomic E-state index is 13.2. The van der Waals surface area contributed by atoms with Gasteiger partial charge < -0.3 is 40.3 Å². The molecule has 94 heavy (non-hydrogen) atoms. The van der Waals surface area contributed by atoms with Crippen LogP contribution in [0.4, 0.5) is 0 Å². The van der Waals surface area contributed by atoms with Crippen LogP contribution in [0.5, 0.6) is 0 Å². The van der Waals surface area contributed by atoms with E-state index < -0.39 is 49.5 Å². The number of carbonyl (C=O) groups is 1. The Bertz CT molecular complexity index is 2050. The number of nitrogens with one attached hydrogen (secondary N) is 1. The first-order valence-corrected chi connectivity index (χ1v) is 38.7. The summed E-state index contributed by atoms with van der Waals surface area (Å²) < 4.78 is 11.3. The number of ether oxygens (including phenoxy) is 2. The molecular formula is C85H143NO8. The van der Waals surface area contributed by atoms with Crippen molar-refractivity contribution in [3.05, 3.63) is 158 Å². The number of amides is 1. The summed E-state index contributed by atoms with van der Waals surface area (Å²) in [7, 11) is 0. The molecule has 1 rings (SSSR count). The molecule has 1 amide bonds. The molecule has 0 radical (unpaired) electrons. The highest BCUT2D eigenvalue weighted by Crippen LogP contribution is 2.23. The fourth-order valence-electron chi connectivity index (χ4n) is 11.4. The van der Waals surface area contributed by atoms with Crippen molar-refractivity contribution >= 4 is 5.91 Å². The zero-order valence-electron chi connectivity index (χ0n) is 60.2. The SMILES string of the molecule is CC/C=C\C/C=C\C/C=C\C/C=C\C/C=C\C/C=C\C/C=C\C/C=C\C/C=C\C/C=C\C/C=C\C/C=C\CCCCCCC(=O)NC(COC1OC(CO)C(O)C(O)C1O)C(O)/C=C/CCCCCCCCCCCCCCCCCCCCCCCCCCCCCC. The van der Waals surface area contributed by atoms with Gasteiger partial charge in [-0.25, -0.2) is 0 Å². The Hall–Kier alpha value is -4.19. The Morgan fingerprint density at radius 1 is 0.372 bits per heavy atom. The lowest BCUT2D eigenvalue weighted by atomic mass is 9.99. The van der Waals surface area contributed by atoms with Crippen molar-refractivity contribution < 1.29 is 39.8 Å². The van der Waals surface area contributed by atoms with Crippen LogP contribution < -0.4 is 5.32 Å². The van der Waals surface area contributed by atoms with Crippen LogP contribution in [0.25, 0.3) is 0 Å². The molecule has 0 spiro atoms. The highest BCUT2D eigenvalue weighted by Gasteiger charge is 2.44. The molecule has 1 aliphatic heterocycles. The smallest absolute Gasteiger partial charge is 0.220 e. The lowest BCUT2D eigenvalue weighted by Crippen LogP contribution is -2.60. The van der Waals surface area contributed by atoms with Crippen molar-refractivity contribution in [2.45, 2.75) is 358 Å². The molecule has 1 heterocycles. The summed E-state index contributed by atoms with van der Waals surface area (Å²) in [5.74, 6) is -0.204. The Morgan fingerprint density at radius 3 is 0.979 bits per heavy atom. The normalized spacial score (nSPS) is 18.5. The lowest BCUT2D eigenvalue weighted by Gasteiger charge is -2.40. The highest BCUT2D eigenvalue weighted by atomic mass is 16.7. The van der Waals surface area contributed by atoms with Gasteiger partial charge >= 0.3 is 0 Å². The molecule has 1 saturated heterocycles. The number of carbonyl (C=O) groups excluding carboxylic acids is 1. The van der Waals surface area contributed by atoms with E-state index in [9.17, 15) is 30.3 Å². The largest absolute Gasteiger partial charge is 0.394 e. The maximum absolute atomic E-state index is 13.2. The molecule has 0 bridgehead atoms. The summed E-state index contributed by atoms with van der Waals surface area (Å²) in [5, 5.41) is 54.9. The second-order valence-corrected chi connectivity index (χ2v) is 26.1. The van der Waals surface area contributed by atoms with E-state index in [1.165, 1.54) is 167 Å². The Morgan fingerprint density at radius 2 is 0.660 bits per heavy atom. The Balaban J connectivity index is 2.17. The zero-order valence-corrected chi connectivity index (χ0v) is 60.2. The van der Waals surface area contributed by atoms with Gasteiger partial charge in [0.2, 0.25) is 5.91 Å². The molecule has 9 heteroatoms. The molecular weight excluding hydrogens is 1160 g/mol. The topological polar surface area (TPSA) is 149 Å². The third kappa shape index (κ3) is 59.1. The van der Waals surface area contributed by atoms with Crippen molar-refractivity contribution in [3.63, 3.8) is 0 Å². The quantitative estimate of drug-likeness (QED) is 0.0261. The molecule has 0 saturated carbocycles. The minimum atomic E-state index is -1.58. The molecule has 0 aliphatic carbocycles. The van der Waals surface area contributed by atoms with E-state index in [0.29, 0.717) is 6.42 Å². The van der Waals surface area contributed by atoms with Crippen LogP contribution in [0.2, 0.25) is 0 Å². The molecule has 0 aromatic carbocycles. The molecule has 0 aromatic heterocycles. The van der Waals surface area contributed by atoms with E-state index in [1.54, 1.807) is 6.08 Å². The summed E-state index contributed by atoms with van der Waals surface area (Å²) in [5.41, 5.74) is 0. The fraction of sp³-hybridized carbons (Fsp3) is 0.682. The monoisotopic (exact) mass is 1310 g/mol. The van der Waals surface area contributed by atoms with Crippen LogP contribution >= 0.6 is 0 Å². The van der Waals surface area contributed by atoms with Crippen molar-refractivity contribution in [1.82, 2.24) is 5.32 Å². The van der Waals surface area contributed by atoms with Gasteiger partial charge in [0.15, 0.2) is 6.29 Å². The van der Waals surface area contributed by atoms with Gasteiger partial charge in [-0.1, -0.05) is 358 Å². The standard InChI is InChI=1S/C85H143NO8/c1-3-5-7-9-11-13-15-17-19-21-23-25-27-29-31-33-35-36-37-38-39-40-41-42-43-44-45-47-49-51-53-55-57-59-61-63-65-67-69-71-73-75-81(89)86-78(77-93-85-84(92)83(91)82(90)80(76-87)94-85)79(88)74-72-70-68-66-64-62-60-58-56-54-52-50-48-46-34-32-30-28-26-24-22-20-18-16-14-12-10-8-6-4-2/h5,7,11,13,17,19,23,25,29,31,35-36,38-39,41-42,44-45,49,51,55,57,61,63,72,74,78-80,82-85,87-88,90-92H,3-4,6,8-10,12,14-16,18,20-22,24,26-28,30,32-34,37,40,43,46-48,50,52-54,56,58-60,62,64-71,73,75-77H2,1-2H3,(H,86,89)/b7-5-,13-11-,19-17-,25-23-,31-29-,36-35-,39-38-,42-41-,45-44-,51-49-,57-55-,63-61-,74-72+. The number of rotatable bonds is 66. The molecule has 1 fully saturated rings. The van der Waals surface area contributed by atoms with Crippen molar-refractivity contribution in [3.8, 4) is 0 Å². The average Bonchev–Trinajstić information content (AvgIpc) is 0.831. The molecule has 536 valence electrons. The molecule has 7 unspecified atom stereocenters. The summed E-state index contributed by atoms with van der Waals surface area (Å²) in [6.45, 7) is 3.67. The van der Waals surface area contributed by atoms with E-state index in [2.05, 4.69) is 165 Å². The lowest BCUT2D eigenvalue weighted by molar-refractivity contribution is -0.302. The molecule has 6 N–H and O–H groups in total. The summed E-state index contributed by atoms with van der Waals surface area (Å²) in [6, 6.07) is -0.833. The molecule has 7 atom stereocenters. The van der Waals surface area contributed by atoms with Gasteiger partial charge in [-0.05, 0) is 109 Å². The van der Waals surface area contributed by atoms with E-state index in [4.69, 9.17) is 9.47 Å². The van der Waals surface area contributed by atoms with E-state index in [-0.39, 0.29) is 12.5 Å². The first-order chi connectivity index (χ1) is 46.3. The third-order valence-electron chi connectivity index (χ3n) is 17.4. The first kappa shape index (κ1) is 87.8. The highest BCUT2D eigenvalue weighted by molar-refractivity contribution is 5.76. The molecule has 0 aromatic rings. The van der Waals surface area contributed by atoms with Gasteiger partial charge in [0.25, 0.3) is 0 Å². The van der Waals surface area contributed by atoms with Gasteiger partial charge in [-0.15, -0.1) is 0 Å². The van der Waals surface area contributed by atoms with Crippen molar-refractivity contribution in [2.24, 2.45) is 0 Å². The Kier molecular flexibility index (Phi) is 66.9. The van der Waals surface area contributed by atoms with Gasteiger partial charge in [0.1, 0.15) is 24.4 Å². The predicted molar refractivity (Wildman–Crippen MR) is 405 cm³/mol. The second-order valence-electron chi connectivity index (χ2n) is 26.1. The number of aliphatic hydroxyl groups is 5. The van der Waals surface area contributed by atoms with E-state index in [0.717, 1.165) is 128 Å². The van der Waals surface area contributed by atoms with Crippen LogP contribution in [0, 0.1) is 0 Å². The van der Waals surface area contributed by atoms with Gasteiger partial charge in [0.05, 0.1) is 25.4 Å². The number of allylic oxidation sites excluding steroid dienone is 25. The second kappa shape index (κ2) is 71.6. The summed E-state index contributed by atoms with van der Waals surface area (Å²) >= 11 is 0. The third-order valence-corrected chi connectivity index (χ3v) is 17.4. The number of unbranched alkanes of at least 4 members (excludes halogenated alkanes) is 32. The van der Waals surface area contributed by atoms with Crippen LogP contribution in [-0.4, -0.2) is 87.5 Å². The van der Waals surface area contributed by atoms with Crippen molar-refractivity contribution in [2.75, 3.05) is 13.2 Å². The van der Waals surface area contributed by atoms with E-state index >= 15 is 0 Å². The van der Waals surface area contributed by atoms with Crippen molar-refractivity contribution in [1.29, 1.82) is 0 Å². The fourth-order valence-corrected chi connectivity index (χ4v) is 11.4. The number of hydrogen-bond acceptors (Lipinski definition) is 8. The maximum Gasteiger partial charge on any atom is 0.220 e. The predicted octanol–water partition coefficient (Wildman–Crippen LogP) is 22.3. The van der Waals surface area contributed by atoms with Crippen LogP contribution in [0.1, 0.15) is 316 Å². The minimum Gasteiger partial charge on any atom is -0.394 e. The Labute approximate surface area is 577 Å². The summed E-state index contributed by atoms with van der Waals surface area (Å²) in [6.07, 6.45) is 105. The van der Waals surface area contributed by atoms with Crippen LogP contribution in [0.3, 0.4) is 0 Å². The zero-order chi connectivity index (χ0) is 67.8. The first-order valence-electron chi connectivity index (χ1n) is 38.7. The van der Waals surface area contributed by atoms with Gasteiger partial charge in [-0.3, -0.25) is 4.79 Å². The van der Waals surface area contributed by atoms with E-state index in [1.807, 2.05) is 6.08 Å². The summed E-state index contributed by atoms with van der Waals surface area (Å²) in [4.78, 5) is 13.2. The van der Waals surface area contributed by atoms with Crippen LogP contribution in [-0.2, 0) is 14.3 Å². The van der Waals surface area contributed by atoms with Crippen LogP contribution in [0.15, 0.2) is 158 Å². The van der Waals surface area contributed by atoms with Gasteiger partial charge in [-0.2, -0.15) is 0 Å². The number of hydrogen-bond donors (Lipinski definition) is 6. The minimum absolute atomic E-state index is 0.204. The molecule has 1 aliphatic rings. The number of aliphatic hydroxyl groups excluding tert-OH is 5. The van der Waals surface area contributed by atoms with Gasteiger partial charge in [0, 0.05) is 6.42 Å². The molecule has 9 nitrogen and oxygen atoms in total. The average molecular weight is 1310 g/mol.